The van der Waals surface area contributed by atoms with Crippen LogP contribution in [0.3, 0.4) is 0 Å². The lowest BCUT2D eigenvalue weighted by molar-refractivity contribution is 0.0206. The van der Waals surface area contributed by atoms with Crippen LogP contribution in [0.5, 0.6) is 0 Å². The Kier molecular flexibility index (Phi) is 5.08. The van der Waals surface area contributed by atoms with Crippen molar-refractivity contribution in [1.82, 2.24) is 9.88 Å². The number of likely N-dealkylation sites (tertiary alicyclic amines) is 1. The summed E-state index contributed by atoms with van der Waals surface area (Å²) in [5, 5.41) is 5.97. The van der Waals surface area contributed by atoms with Gasteiger partial charge in [-0.2, -0.15) is 0 Å². The molecular weight excluding hydrogens is 326 g/mol. The summed E-state index contributed by atoms with van der Waals surface area (Å²) in [4.78, 5) is 18.8. The van der Waals surface area contributed by atoms with Crippen LogP contribution in [0.25, 0.3) is 10.8 Å². The summed E-state index contributed by atoms with van der Waals surface area (Å²) in [5.41, 5.74) is 1.99. The maximum absolute atomic E-state index is 12.4. The lowest BCUT2D eigenvalue weighted by Crippen LogP contribution is -2.47. The van der Waals surface area contributed by atoms with Gasteiger partial charge in [0.2, 0.25) is 0 Å². The van der Waals surface area contributed by atoms with Gasteiger partial charge in [0, 0.05) is 30.7 Å². The summed E-state index contributed by atoms with van der Waals surface area (Å²) in [6, 6.07) is 6.52. The fourth-order valence-electron chi connectivity index (χ4n) is 3.50. The zero-order chi connectivity index (χ0) is 18.9. The largest absolute Gasteiger partial charge is 0.444 e. The first-order chi connectivity index (χ1) is 12.2. The van der Waals surface area contributed by atoms with Crippen LogP contribution in [-0.2, 0) is 4.74 Å². The van der Waals surface area contributed by atoms with E-state index in [1.54, 1.807) is 4.90 Å². The number of carbonyl (C=O) groups excluding carboxylic acids is 1. The van der Waals surface area contributed by atoms with Gasteiger partial charge < -0.3 is 15.0 Å². The van der Waals surface area contributed by atoms with Crippen LogP contribution in [0.4, 0.5) is 10.6 Å². The molecule has 1 N–H and O–H groups in total. The average Bonchev–Trinajstić information content (AvgIpc) is 2.57. The maximum Gasteiger partial charge on any atom is 0.410 e. The van der Waals surface area contributed by atoms with Crippen molar-refractivity contribution in [1.29, 1.82) is 0 Å². The lowest BCUT2D eigenvalue weighted by atomic mass is 10.0. The summed E-state index contributed by atoms with van der Waals surface area (Å²) < 4.78 is 5.52. The third-order valence-corrected chi connectivity index (χ3v) is 4.77. The molecule has 5 nitrogen and oxygen atoms in total. The van der Waals surface area contributed by atoms with Gasteiger partial charge in [0.1, 0.15) is 11.4 Å². The van der Waals surface area contributed by atoms with Crippen LogP contribution in [-0.4, -0.2) is 40.7 Å². The van der Waals surface area contributed by atoms with Gasteiger partial charge in [-0.15, -0.1) is 0 Å². The molecule has 0 spiro atoms. The average molecular weight is 355 g/mol. The van der Waals surface area contributed by atoms with Crippen molar-refractivity contribution in [2.45, 2.75) is 59.1 Å². The molecule has 3 rings (SSSR count). The van der Waals surface area contributed by atoms with Crippen molar-refractivity contribution in [3.8, 4) is 0 Å². The number of hydrogen-bond donors (Lipinski definition) is 1. The molecule has 0 radical (unpaired) electrons. The van der Waals surface area contributed by atoms with E-state index in [4.69, 9.17) is 4.74 Å². The number of carbonyl (C=O) groups is 1. The first-order valence-corrected chi connectivity index (χ1v) is 9.34. The van der Waals surface area contributed by atoms with Gasteiger partial charge in [0.15, 0.2) is 0 Å². The van der Waals surface area contributed by atoms with Crippen LogP contribution in [0.2, 0.25) is 0 Å². The van der Waals surface area contributed by atoms with Crippen molar-refractivity contribution in [3.63, 3.8) is 0 Å². The number of nitrogens with zero attached hydrogens (tertiary/aromatic N) is 2. The van der Waals surface area contributed by atoms with Crippen LogP contribution in [0, 0.1) is 13.8 Å². The predicted octanol–water partition coefficient (Wildman–Crippen LogP) is 4.66. The van der Waals surface area contributed by atoms with Gasteiger partial charge in [0.05, 0.1) is 0 Å². The monoisotopic (exact) mass is 355 g/mol. The van der Waals surface area contributed by atoms with Gasteiger partial charge in [-0.25, -0.2) is 9.78 Å². The Morgan fingerprint density at radius 1 is 1.23 bits per heavy atom. The molecule has 5 heteroatoms. The minimum atomic E-state index is -0.469. The zero-order valence-corrected chi connectivity index (χ0v) is 16.4. The van der Waals surface area contributed by atoms with Crippen molar-refractivity contribution in [3.05, 3.63) is 35.5 Å². The first-order valence-electron chi connectivity index (χ1n) is 9.34. The van der Waals surface area contributed by atoms with E-state index in [1.165, 1.54) is 21.9 Å². The number of piperidine rings is 1. The van der Waals surface area contributed by atoms with Gasteiger partial charge in [-0.1, -0.05) is 12.1 Å². The minimum absolute atomic E-state index is 0.175. The van der Waals surface area contributed by atoms with E-state index >= 15 is 0 Å². The molecular formula is C21H29N3O2. The van der Waals surface area contributed by atoms with E-state index < -0.39 is 5.60 Å². The molecule has 2 heterocycles. The quantitative estimate of drug-likeness (QED) is 0.851. The van der Waals surface area contributed by atoms with E-state index in [1.807, 2.05) is 27.0 Å². The molecule has 1 aromatic heterocycles. The highest BCUT2D eigenvalue weighted by Crippen LogP contribution is 2.29. The number of benzene rings is 1. The third-order valence-electron chi connectivity index (χ3n) is 4.77. The van der Waals surface area contributed by atoms with Gasteiger partial charge >= 0.3 is 6.09 Å². The van der Waals surface area contributed by atoms with Crippen molar-refractivity contribution in [2.24, 2.45) is 0 Å². The van der Waals surface area contributed by atoms with Gasteiger partial charge in [0.25, 0.3) is 0 Å². The third kappa shape index (κ3) is 4.09. The van der Waals surface area contributed by atoms with Crippen molar-refractivity contribution < 1.29 is 9.53 Å². The summed E-state index contributed by atoms with van der Waals surface area (Å²) in [5.74, 6) is 0.903. The highest BCUT2D eigenvalue weighted by Gasteiger charge is 2.28. The van der Waals surface area contributed by atoms with Gasteiger partial charge in [-0.3, -0.25) is 0 Å². The molecule has 1 aromatic carbocycles. The second-order valence-electron chi connectivity index (χ2n) is 8.19. The Balaban J connectivity index is 1.78. The number of nitrogens with one attached hydrogen (secondary N) is 1. The van der Waals surface area contributed by atoms with E-state index in [0.29, 0.717) is 6.54 Å². The summed E-state index contributed by atoms with van der Waals surface area (Å²) in [6.45, 7) is 11.3. The highest BCUT2D eigenvalue weighted by atomic mass is 16.6. The molecule has 0 saturated carbocycles. The number of rotatable bonds is 2. The van der Waals surface area contributed by atoms with Crippen LogP contribution in [0.15, 0.2) is 24.4 Å². The Morgan fingerprint density at radius 3 is 2.69 bits per heavy atom. The minimum Gasteiger partial charge on any atom is -0.444 e. The van der Waals surface area contributed by atoms with Crippen LogP contribution < -0.4 is 5.32 Å². The molecule has 1 aliphatic heterocycles. The number of aryl methyl sites for hydroxylation is 2. The maximum atomic E-state index is 12.4. The number of fused-ring (bicyclic) bond motifs is 1. The Labute approximate surface area is 155 Å². The molecule has 1 amide bonds. The van der Waals surface area contributed by atoms with Crippen LogP contribution >= 0.6 is 0 Å². The Hall–Kier alpha value is -2.30. The summed E-state index contributed by atoms with van der Waals surface area (Å²) >= 11 is 0. The summed E-state index contributed by atoms with van der Waals surface area (Å²) in [7, 11) is 0. The van der Waals surface area contributed by atoms with E-state index in [0.717, 1.165) is 25.2 Å². The van der Waals surface area contributed by atoms with Gasteiger partial charge in [-0.05, 0) is 70.0 Å². The standard InChI is InChI=1S/C21H29N3O2/c1-14-8-9-15(2)18-17(14)10-11-22-19(18)23-16-7-6-12-24(13-16)20(25)26-21(3,4)5/h8-11,16H,6-7,12-13H2,1-5H3,(H,22,23)/t16-/m1/s1. The highest BCUT2D eigenvalue weighted by molar-refractivity contribution is 5.96. The second kappa shape index (κ2) is 7.14. The number of hydrogen-bond acceptors (Lipinski definition) is 4. The molecule has 2 aromatic rings. The smallest absolute Gasteiger partial charge is 0.410 e. The van der Waals surface area contributed by atoms with Crippen LogP contribution in [0.1, 0.15) is 44.7 Å². The van der Waals surface area contributed by atoms with Crippen molar-refractivity contribution in [2.75, 3.05) is 18.4 Å². The molecule has 1 aliphatic rings. The van der Waals surface area contributed by atoms with E-state index in [-0.39, 0.29) is 12.1 Å². The second-order valence-corrected chi connectivity index (χ2v) is 8.19. The Bertz CT molecular complexity index is 811. The molecule has 0 aliphatic carbocycles. The van der Waals surface area contributed by atoms with Crippen molar-refractivity contribution >= 4 is 22.7 Å². The zero-order valence-electron chi connectivity index (χ0n) is 16.4. The number of pyridine rings is 1. The number of amides is 1. The molecule has 0 bridgehead atoms. The predicted molar refractivity (Wildman–Crippen MR) is 106 cm³/mol. The molecule has 1 atom stereocenters. The van der Waals surface area contributed by atoms with E-state index in [2.05, 4.69) is 42.3 Å². The lowest BCUT2D eigenvalue weighted by Gasteiger charge is -2.34. The molecule has 26 heavy (non-hydrogen) atoms. The molecule has 1 saturated heterocycles. The molecule has 1 fully saturated rings. The topological polar surface area (TPSA) is 54.5 Å². The van der Waals surface area contributed by atoms with E-state index in [9.17, 15) is 4.79 Å². The first kappa shape index (κ1) is 18.5. The fourth-order valence-corrected chi connectivity index (χ4v) is 3.50. The molecule has 0 unspecified atom stereocenters. The normalized spacial score (nSPS) is 18.0. The number of anilines is 1. The fraction of sp³-hybridized carbons (Fsp3) is 0.524. The number of aromatic nitrogens is 1. The number of ether oxygens (including phenoxy) is 1. The Morgan fingerprint density at radius 2 is 1.96 bits per heavy atom. The SMILES string of the molecule is Cc1ccc(C)c2c(N[C@@H]3CCCN(C(=O)OC(C)(C)C)C3)nccc12. The summed E-state index contributed by atoms with van der Waals surface area (Å²) in [6.07, 6.45) is 3.59. The molecule has 140 valence electrons.